The molecule has 3 nitrogen and oxygen atoms in total. The molecule has 0 heterocycles. The van der Waals surface area contributed by atoms with Crippen LogP contribution in [-0.4, -0.2) is 11.9 Å². The number of carbonyl (C=O) groups is 1. The van der Waals surface area contributed by atoms with Crippen molar-refractivity contribution in [3.05, 3.63) is 29.8 Å². The number of amides is 1. The van der Waals surface area contributed by atoms with E-state index in [2.05, 4.69) is 5.32 Å². The van der Waals surface area contributed by atoms with Crippen LogP contribution in [0.15, 0.2) is 24.3 Å². The van der Waals surface area contributed by atoms with E-state index in [1.165, 1.54) is 25.7 Å². The maximum Gasteiger partial charge on any atom is 0.251 e. The highest BCUT2D eigenvalue weighted by molar-refractivity contribution is 5.94. The molecule has 0 radical (unpaired) electrons. The molecule has 1 aromatic rings. The van der Waals surface area contributed by atoms with Gasteiger partial charge in [0.25, 0.3) is 5.91 Å². The molecule has 2 saturated carbocycles. The van der Waals surface area contributed by atoms with Gasteiger partial charge in [-0.25, -0.2) is 0 Å². The number of hydrogen-bond donors (Lipinski definition) is 2. The predicted molar refractivity (Wildman–Crippen MR) is 74.8 cm³/mol. The molecular weight excluding hydrogens is 248 g/mol. The van der Waals surface area contributed by atoms with E-state index in [1.54, 1.807) is 24.3 Å². The molecule has 0 saturated heterocycles. The van der Waals surface area contributed by atoms with Gasteiger partial charge in [0.05, 0.1) is 0 Å². The van der Waals surface area contributed by atoms with Crippen LogP contribution in [0.5, 0.6) is 0 Å². The van der Waals surface area contributed by atoms with Crippen molar-refractivity contribution >= 4 is 24.0 Å². The molecule has 3 N–H and O–H groups in total. The molecule has 0 spiro atoms. The van der Waals surface area contributed by atoms with Crippen LogP contribution in [0.4, 0.5) is 5.69 Å². The van der Waals surface area contributed by atoms with Gasteiger partial charge in [-0.05, 0) is 55.4 Å². The summed E-state index contributed by atoms with van der Waals surface area (Å²) in [5.74, 6) is 1.62. The van der Waals surface area contributed by atoms with Crippen LogP contribution in [0.25, 0.3) is 0 Å². The topological polar surface area (TPSA) is 55.1 Å². The first-order chi connectivity index (χ1) is 8.22. The lowest BCUT2D eigenvalue weighted by molar-refractivity contribution is 0.0923. The second-order valence-electron chi connectivity index (χ2n) is 5.38. The largest absolute Gasteiger partial charge is 0.399 e. The van der Waals surface area contributed by atoms with Crippen molar-refractivity contribution in [3.8, 4) is 0 Å². The molecule has 98 valence electrons. The third-order valence-corrected chi connectivity index (χ3v) is 4.23. The number of anilines is 1. The second kappa shape index (κ2) is 5.19. The van der Waals surface area contributed by atoms with Crippen molar-refractivity contribution < 1.29 is 4.79 Å². The summed E-state index contributed by atoms with van der Waals surface area (Å²) in [6.07, 6.45) is 5.13. The van der Waals surface area contributed by atoms with E-state index >= 15 is 0 Å². The fourth-order valence-electron chi connectivity index (χ4n) is 3.31. The Labute approximate surface area is 114 Å². The quantitative estimate of drug-likeness (QED) is 0.809. The summed E-state index contributed by atoms with van der Waals surface area (Å²) >= 11 is 0. The number of nitrogens with two attached hydrogens (primary N) is 1. The molecule has 1 aromatic carbocycles. The van der Waals surface area contributed by atoms with Crippen LogP contribution in [0.1, 0.15) is 36.0 Å². The van der Waals surface area contributed by atoms with Crippen LogP contribution < -0.4 is 11.1 Å². The van der Waals surface area contributed by atoms with Crippen LogP contribution in [0.3, 0.4) is 0 Å². The SMILES string of the molecule is Cl.Nc1ccc(C(=O)NC2CC3CCC2C3)cc1. The highest BCUT2D eigenvalue weighted by Crippen LogP contribution is 2.44. The van der Waals surface area contributed by atoms with Crippen molar-refractivity contribution in [1.82, 2.24) is 5.32 Å². The number of hydrogen-bond acceptors (Lipinski definition) is 2. The minimum absolute atomic E-state index is 0. The summed E-state index contributed by atoms with van der Waals surface area (Å²) in [4.78, 5) is 12.0. The Morgan fingerprint density at radius 3 is 2.44 bits per heavy atom. The number of rotatable bonds is 2. The van der Waals surface area contributed by atoms with E-state index in [4.69, 9.17) is 5.73 Å². The van der Waals surface area contributed by atoms with Crippen LogP contribution in [-0.2, 0) is 0 Å². The normalized spacial score (nSPS) is 28.8. The zero-order valence-corrected chi connectivity index (χ0v) is 11.1. The summed E-state index contributed by atoms with van der Waals surface area (Å²) in [7, 11) is 0. The number of nitrogens with one attached hydrogen (secondary N) is 1. The Balaban J connectivity index is 0.00000120. The predicted octanol–water partition coefficient (Wildman–Crippen LogP) is 2.61. The van der Waals surface area contributed by atoms with Crippen LogP contribution in [0.2, 0.25) is 0 Å². The number of benzene rings is 1. The first kappa shape index (κ1) is 13.2. The fraction of sp³-hybridized carbons (Fsp3) is 0.500. The molecule has 3 rings (SSSR count). The van der Waals surface area contributed by atoms with Crippen LogP contribution in [0, 0.1) is 11.8 Å². The van der Waals surface area contributed by atoms with Crippen molar-refractivity contribution in [2.45, 2.75) is 31.7 Å². The number of carbonyl (C=O) groups excluding carboxylic acids is 1. The van der Waals surface area contributed by atoms with Crippen LogP contribution >= 0.6 is 12.4 Å². The van der Waals surface area contributed by atoms with Gasteiger partial charge < -0.3 is 11.1 Å². The molecule has 2 aliphatic carbocycles. The molecule has 2 fully saturated rings. The van der Waals surface area contributed by atoms with Gasteiger partial charge in [-0.3, -0.25) is 4.79 Å². The molecule has 18 heavy (non-hydrogen) atoms. The summed E-state index contributed by atoms with van der Waals surface area (Å²) in [6.45, 7) is 0. The second-order valence-corrected chi connectivity index (χ2v) is 5.38. The molecule has 1 amide bonds. The third-order valence-electron chi connectivity index (χ3n) is 4.23. The number of fused-ring (bicyclic) bond motifs is 2. The monoisotopic (exact) mass is 266 g/mol. The van der Waals surface area contributed by atoms with E-state index < -0.39 is 0 Å². The average molecular weight is 267 g/mol. The summed E-state index contributed by atoms with van der Waals surface area (Å²) in [5, 5.41) is 3.17. The first-order valence-corrected chi connectivity index (χ1v) is 6.39. The number of halogens is 1. The van der Waals surface area contributed by atoms with E-state index in [0.29, 0.717) is 17.3 Å². The van der Waals surface area contributed by atoms with Gasteiger partial charge in [0.2, 0.25) is 0 Å². The fourth-order valence-corrected chi connectivity index (χ4v) is 3.31. The molecule has 0 aliphatic heterocycles. The van der Waals surface area contributed by atoms with E-state index in [1.807, 2.05) is 0 Å². The summed E-state index contributed by atoms with van der Waals surface area (Å²) in [6, 6.07) is 7.53. The van der Waals surface area contributed by atoms with Gasteiger partial charge in [0.1, 0.15) is 0 Å². The van der Waals surface area contributed by atoms with Crippen molar-refractivity contribution in [1.29, 1.82) is 0 Å². The standard InChI is InChI=1S/C14H18N2O.ClH/c15-12-5-3-10(4-6-12)14(17)16-13-8-9-1-2-11(13)7-9;/h3-6,9,11,13H,1-2,7-8,15H2,(H,16,17);1H. The zero-order valence-electron chi connectivity index (χ0n) is 10.3. The number of nitrogen functional groups attached to an aromatic ring is 1. The third kappa shape index (κ3) is 2.46. The Kier molecular flexibility index (Phi) is 3.81. The Morgan fingerprint density at radius 2 is 1.89 bits per heavy atom. The lowest BCUT2D eigenvalue weighted by atomic mass is 9.95. The minimum Gasteiger partial charge on any atom is -0.399 e. The molecule has 3 atom stereocenters. The van der Waals surface area contributed by atoms with Gasteiger partial charge in [-0.15, -0.1) is 12.4 Å². The van der Waals surface area contributed by atoms with E-state index in [-0.39, 0.29) is 18.3 Å². The Morgan fingerprint density at radius 1 is 1.17 bits per heavy atom. The zero-order chi connectivity index (χ0) is 11.8. The van der Waals surface area contributed by atoms with Gasteiger partial charge in [-0.1, -0.05) is 6.42 Å². The lowest BCUT2D eigenvalue weighted by Gasteiger charge is -2.22. The average Bonchev–Trinajstić information content (AvgIpc) is 2.91. The molecule has 3 unspecified atom stereocenters. The van der Waals surface area contributed by atoms with Gasteiger partial charge >= 0.3 is 0 Å². The lowest BCUT2D eigenvalue weighted by Crippen LogP contribution is -2.38. The molecule has 4 heteroatoms. The Hall–Kier alpha value is -1.22. The minimum atomic E-state index is 0. The molecule has 0 aromatic heterocycles. The van der Waals surface area contributed by atoms with Gasteiger partial charge in [0.15, 0.2) is 0 Å². The molecular formula is C14H19ClN2O. The smallest absolute Gasteiger partial charge is 0.251 e. The van der Waals surface area contributed by atoms with E-state index in [9.17, 15) is 4.79 Å². The van der Waals surface area contributed by atoms with Crippen molar-refractivity contribution in [2.24, 2.45) is 11.8 Å². The van der Waals surface area contributed by atoms with Gasteiger partial charge in [0, 0.05) is 17.3 Å². The molecule has 2 aliphatic rings. The van der Waals surface area contributed by atoms with Gasteiger partial charge in [-0.2, -0.15) is 0 Å². The summed E-state index contributed by atoms with van der Waals surface area (Å²) < 4.78 is 0. The summed E-state index contributed by atoms with van der Waals surface area (Å²) in [5.41, 5.74) is 7.01. The maximum atomic E-state index is 12.0. The maximum absolute atomic E-state index is 12.0. The van der Waals surface area contributed by atoms with Crippen molar-refractivity contribution in [2.75, 3.05) is 5.73 Å². The Bertz CT molecular complexity index is 432. The highest BCUT2D eigenvalue weighted by atomic mass is 35.5. The molecule has 2 bridgehead atoms. The van der Waals surface area contributed by atoms with Crippen molar-refractivity contribution in [3.63, 3.8) is 0 Å². The highest BCUT2D eigenvalue weighted by Gasteiger charge is 2.40. The van der Waals surface area contributed by atoms with E-state index in [0.717, 1.165) is 11.8 Å². The first-order valence-electron chi connectivity index (χ1n) is 6.39.